The summed E-state index contributed by atoms with van der Waals surface area (Å²) < 4.78 is 11.2. The molecule has 0 unspecified atom stereocenters. The van der Waals surface area contributed by atoms with Crippen LogP contribution in [0.15, 0.2) is 46.4 Å². The number of rotatable bonds is 6. The van der Waals surface area contributed by atoms with Crippen LogP contribution in [-0.2, 0) is 14.3 Å². The first-order valence-electron chi connectivity index (χ1n) is 10.4. The van der Waals surface area contributed by atoms with Gasteiger partial charge < -0.3 is 19.2 Å². The Bertz CT molecular complexity index is 992. The van der Waals surface area contributed by atoms with Crippen LogP contribution in [0.3, 0.4) is 0 Å². The van der Waals surface area contributed by atoms with Gasteiger partial charge in [0.2, 0.25) is 0 Å². The Morgan fingerprint density at radius 3 is 2.45 bits per heavy atom. The van der Waals surface area contributed by atoms with Crippen molar-refractivity contribution in [2.45, 2.75) is 19.4 Å². The molecule has 1 aromatic carbocycles. The van der Waals surface area contributed by atoms with Crippen LogP contribution in [-0.4, -0.2) is 66.0 Å². The van der Waals surface area contributed by atoms with Gasteiger partial charge in [0.1, 0.15) is 23.3 Å². The second kappa shape index (κ2) is 9.26. The Morgan fingerprint density at radius 1 is 1.10 bits per heavy atom. The molecule has 1 amide bonds. The van der Waals surface area contributed by atoms with Gasteiger partial charge in [0.15, 0.2) is 0 Å². The third-order valence-corrected chi connectivity index (χ3v) is 5.92. The van der Waals surface area contributed by atoms with Gasteiger partial charge in [-0.1, -0.05) is 11.6 Å². The Morgan fingerprint density at radius 2 is 1.81 bits per heavy atom. The number of carbonyl (C=O) groups is 2. The summed E-state index contributed by atoms with van der Waals surface area (Å²) in [6, 6.07) is 9.25. The molecule has 2 fully saturated rings. The summed E-state index contributed by atoms with van der Waals surface area (Å²) in [5.74, 6) is -0.446. The van der Waals surface area contributed by atoms with Crippen molar-refractivity contribution in [1.29, 1.82) is 0 Å². The lowest BCUT2D eigenvalue weighted by atomic mass is 9.99. The van der Waals surface area contributed by atoms with E-state index in [9.17, 15) is 14.7 Å². The van der Waals surface area contributed by atoms with Gasteiger partial charge in [-0.2, -0.15) is 0 Å². The molecule has 2 aromatic rings. The number of hydrogen-bond donors (Lipinski definition) is 1. The molecule has 0 spiro atoms. The van der Waals surface area contributed by atoms with Gasteiger partial charge in [-0.3, -0.25) is 14.5 Å². The number of ketones is 1. The van der Waals surface area contributed by atoms with Crippen molar-refractivity contribution >= 4 is 29.1 Å². The fourth-order valence-electron chi connectivity index (χ4n) is 4.06. The van der Waals surface area contributed by atoms with Crippen molar-refractivity contribution in [2.75, 3.05) is 39.4 Å². The number of benzene rings is 1. The highest BCUT2D eigenvalue weighted by atomic mass is 35.5. The van der Waals surface area contributed by atoms with Gasteiger partial charge in [0, 0.05) is 36.8 Å². The molecule has 2 aliphatic heterocycles. The molecule has 2 aliphatic rings. The third-order valence-electron chi connectivity index (χ3n) is 5.67. The van der Waals surface area contributed by atoms with Crippen LogP contribution in [0.1, 0.15) is 29.5 Å². The zero-order valence-corrected chi connectivity index (χ0v) is 18.1. The van der Waals surface area contributed by atoms with E-state index in [0.717, 1.165) is 19.6 Å². The van der Waals surface area contributed by atoms with E-state index in [-0.39, 0.29) is 11.3 Å². The summed E-state index contributed by atoms with van der Waals surface area (Å²) in [5.41, 5.74) is 0.456. The number of morpholine rings is 1. The number of furan rings is 1. The van der Waals surface area contributed by atoms with Crippen LogP contribution < -0.4 is 0 Å². The average Bonchev–Trinajstić information content (AvgIpc) is 3.30. The second-order valence-corrected chi connectivity index (χ2v) is 8.19. The molecular weight excluding hydrogens is 420 g/mol. The van der Waals surface area contributed by atoms with E-state index in [4.69, 9.17) is 20.8 Å². The minimum absolute atomic E-state index is 0.0352. The number of hydrogen-bond acceptors (Lipinski definition) is 6. The molecule has 2 saturated heterocycles. The largest absolute Gasteiger partial charge is 0.507 e. The van der Waals surface area contributed by atoms with Crippen LogP contribution >= 0.6 is 11.6 Å². The first-order chi connectivity index (χ1) is 15.0. The van der Waals surface area contributed by atoms with E-state index in [2.05, 4.69) is 4.90 Å². The maximum absolute atomic E-state index is 12.9. The molecule has 0 aliphatic carbocycles. The maximum atomic E-state index is 12.9. The molecule has 1 aromatic heterocycles. The summed E-state index contributed by atoms with van der Waals surface area (Å²) in [6.45, 7) is 6.10. The molecule has 0 bridgehead atoms. The van der Waals surface area contributed by atoms with E-state index in [1.165, 1.54) is 4.90 Å². The van der Waals surface area contributed by atoms with E-state index >= 15 is 0 Å². The maximum Gasteiger partial charge on any atom is 0.295 e. The van der Waals surface area contributed by atoms with Crippen molar-refractivity contribution in [3.8, 4) is 0 Å². The van der Waals surface area contributed by atoms with Crippen molar-refractivity contribution in [1.82, 2.24) is 9.80 Å². The number of aliphatic hydroxyl groups excluding tert-OH is 1. The highest BCUT2D eigenvalue weighted by molar-refractivity contribution is 6.46. The SMILES string of the molecule is Cc1ccc([C@@H]2/C(=C(\O)c3ccc(Cl)cc3)C(=O)C(=O)N2CCCN2CCOCC2)o1. The number of Topliss-reactive ketones (excluding diaryl/α,β-unsaturated/α-hetero) is 1. The number of nitrogens with zero attached hydrogens (tertiary/aromatic N) is 2. The predicted octanol–water partition coefficient (Wildman–Crippen LogP) is 3.39. The monoisotopic (exact) mass is 444 g/mol. The van der Waals surface area contributed by atoms with E-state index in [0.29, 0.717) is 48.3 Å². The van der Waals surface area contributed by atoms with Gasteiger partial charge in [0.05, 0.1) is 18.8 Å². The number of likely N-dealkylation sites (tertiary alicyclic amines) is 1. The first-order valence-corrected chi connectivity index (χ1v) is 10.7. The average molecular weight is 445 g/mol. The van der Waals surface area contributed by atoms with E-state index in [1.54, 1.807) is 43.3 Å². The van der Waals surface area contributed by atoms with Crippen molar-refractivity contribution in [2.24, 2.45) is 0 Å². The predicted molar refractivity (Wildman–Crippen MR) is 116 cm³/mol. The molecule has 3 heterocycles. The van der Waals surface area contributed by atoms with E-state index in [1.807, 2.05) is 0 Å². The molecule has 0 radical (unpaired) electrons. The van der Waals surface area contributed by atoms with Gasteiger partial charge in [0.25, 0.3) is 11.7 Å². The van der Waals surface area contributed by atoms with Crippen LogP contribution in [0.25, 0.3) is 5.76 Å². The zero-order valence-electron chi connectivity index (χ0n) is 17.3. The van der Waals surface area contributed by atoms with Crippen LogP contribution in [0.5, 0.6) is 0 Å². The van der Waals surface area contributed by atoms with Gasteiger partial charge in [-0.15, -0.1) is 0 Å². The van der Waals surface area contributed by atoms with Crippen LogP contribution in [0, 0.1) is 6.92 Å². The molecule has 0 saturated carbocycles. The second-order valence-electron chi connectivity index (χ2n) is 7.76. The smallest absolute Gasteiger partial charge is 0.295 e. The molecule has 1 atom stereocenters. The molecule has 8 heteroatoms. The van der Waals surface area contributed by atoms with E-state index < -0.39 is 17.7 Å². The molecule has 164 valence electrons. The Balaban J connectivity index is 1.64. The highest BCUT2D eigenvalue weighted by Gasteiger charge is 2.47. The number of carbonyl (C=O) groups excluding carboxylic acids is 2. The standard InChI is InChI=1S/C23H25ClN2O5/c1-15-3-8-18(31-15)20-19(21(27)16-4-6-17(24)7-5-16)22(28)23(29)26(20)10-2-9-25-11-13-30-14-12-25/h3-8,20,27H,2,9-14H2,1H3/b21-19+/t20-/m1/s1. The number of aliphatic hydroxyl groups is 1. The van der Waals surface area contributed by atoms with Crippen molar-refractivity contribution in [3.05, 3.63) is 64.1 Å². The summed E-state index contributed by atoms with van der Waals surface area (Å²) in [4.78, 5) is 29.6. The van der Waals surface area contributed by atoms with Gasteiger partial charge >= 0.3 is 0 Å². The highest BCUT2D eigenvalue weighted by Crippen LogP contribution is 2.40. The Kier molecular flexibility index (Phi) is 6.46. The van der Waals surface area contributed by atoms with Gasteiger partial charge in [-0.05, 0) is 49.7 Å². The van der Waals surface area contributed by atoms with Gasteiger partial charge in [-0.25, -0.2) is 0 Å². The Labute approximate surface area is 185 Å². The summed E-state index contributed by atoms with van der Waals surface area (Å²) >= 11 is 5.95. The summed E-state index contributed by atoms with van der Waals surface area (Å²) in [5, 5.41) is 11.5. The quantitative estimate of drug-likeness (QED) is 0.418. The first kappa shape index (κ1) is 21.6. The van der Waals surface area contributed by atoms with Crippen LogP contribution in [0.2, 0.25) is 5.02 Å². The summed E-state index contributed by atoms with van der Waals surface area (Å²) in [7, 11) is 0. The Hall–Kier alpha value is -2.61. The van der Waals surface area contributed by atoms with Crippen LogP contribution in [0.4, 0.5) is 0 Å². The van der Waals surface area contributed by atoms with Crippen molar-refractivity contribution in [3.63, 3.8) is 0 Å². The number of aryl methyl sites for hydroxylation is 1. The normalized spacial score (nSPS) is 21.7. The molecule has 1 N–H and O–H groups in total. The molecule has 7 nitrogen and oxygen atoms in total. The number of halogens is 1. The fourth-order valence-corrected chi connectivity index (χ4v) is 4.19. The number of ether oxygens (including phenoxy) is 1. The zero-order chi connectivity index (χ0) is 22.0. The molecule has 31 heavy (non-hydrogen) atoms. The minimum Gasteiger partial charge on any atom is -0.507 e. The van der Waals surface area contributed by atoms with Crippen molar-refractivity contribution < 1.29 is 23.8 Å². The third kappa shape index (κ3) is 4.54. The molecule has 4 rings (SSSR count). The lowest BCUT2D eigenvalue weighted by Crippen LogP contribution is -2.38. The summed E-state index contributed by atoms with van der Waals surface area (Å²) in [6.07, 6.45) is 0.699. The lowest BCUT2D eigenvalue weighted by molar-refractivity contribution is -0.140. The fraction of sp³-hybridized carbons (Fsp3) is 0.391. The molecular formula is C23H25ClN2O5. The topological polar surface area (TPSA) is 83.2 Å². The lowest BCUT2D eigenvalue weighted by Gasteiger charge is -2.28. The minimum atomic E-state index is -0.769. The number of amides is 1.